The van der Waals surface area contributed by atoms with Gasteiger partial charge in [0, 0.05) is 9.65 Å². The van der Waals surface area contributed by atoms with Crippen LogP contribution >= 0.6 is 31.9 Å². The molecule has 0 N–H and O–H groups in total. The van der Waals surface area contributed by atoms with E-state index in [1.54, 1.807) is 24.3 Å². The minimum absolute atomic E-state index is 0.150. The number of esters is 1. The maximum absolute atomic E-state index is 12.9. The number of rotatable bonds is 2. The fourth-order valence-corrected chi connectivity index (χ4v) is 6.37. The predicted molar refractivity (Wildman–Crippen MR) is 94.3 cm³/mol. The standard InChI is InChI=1S/C17H15Br2NO4/c1-24-17(23)7-3-2-4-8(5-7)20-15(21)11-9-6-10(12(11)16(20)22)14(19)13(9)18/h2-5,9-14H,6H2,1H3/t9-,10-,11-,12+,13-,14+/m0/s1. The number of methoxy groups -OCH3 is 1. The summed E-state index contributed by atoms with van der Waals surface area (Å²) in [6, 6.07) is 6.49. The second-order valence-corrected chi connectivity index (χ2v) is 8.67. The van der Waals surface area contributed by atoms with Gasteiger partial charge in [0.05, 0.1) is 30.2 Å². The van der Waals surface area contributed by atoms with E-state index in [-0.39, 0.29) is 45.1 Å². The molecule has 0 radical (unpaired) electrons. The molecule has 2 bridgehead atoms. The first kappa shape index (κ1) is 16.3. The van der Waals surface area contributed by atoms with Gasteiger partial charge in [-0.25, -0.2) is 4.79 Å². The Balaban J connectivity index is 1.70. The van der Waals surface area contributed by atoms with Gasteiger partial charge >= 0.3 is 5.97 Å². The van der Waals surface area contributed by atoms with Gasteiger partial charge in [-0.1, -0.05) is 37.9 Å². The Labute approximate surface area is 156 Å². The normalized spacial score (nSPS) is 37.0. The SMILES string of the molecule is COC(=O)c1cccc(N2C(=O)[C@@H]3[C@@H]4C[C@H]([C@H](Br)[C@@H]4Br)[C@@H]3C2=O)c1. The Morgan fingerprint density at radius 1 is 1.12 bits per heavy atom. The molecular weight excluding hydrogens is 442 g/mol. The van der Waals surface area contributed by atoms with Crippen molar-refractivity contribution in [3.63, 3.8) is 0 Å². The number of nitrogens with zero attached hydrogens (tertiary/aromatic N) is 1. The summed E-state index contributed by atoms with van der Waals surface area (Å²) in [5, 5.41) is 0. The van der Waals surface area contributed by atoms with E-state index in [1.807, 2.05) is 0 Å². The summed E-state index contributed by atoms with van der Waals surface area (Å²) in [6.07, 6.45) is 0.898. The van der Waals surface area contributed by atoms with E-state index in [0.29, 0.717) is 11.3 Å². The van der Waals surface area contributed by atoms with Crippen molar-refractivity contribution in [3.05, 3.63) is 29.8 Å². The Morgan fingerprint density at radius 2 is 1.71 bits per heavy atom. The van der Waals surface area contributed by atoms with Crippen molar-refractivity contribution < 1.29 is 19.1 Å². The van der Waals surface area contributed by atoms with Crippen molar-refractivity contribution in [2.75, 3.05) is 12.0 Å². The molecule has 24 heavy (non-hydrogen) atoms. The third-order valence-corrected chi connectivity index (χ3v) is 8.72. The lowest BCUT2D eigenvalue weighted by molar-refractivity contribution is -0.123. The van der Waals surface area contributed by atoms with Gasteiger partial charge in [-0.05, 0) is 36.5 Å². The topological polar surface area (TPSA) is 63.7 Å². The average Bonchev–Trinajstić information content (AvgIpc) is 3.19. The fraction of sp³-hybridized carbons (Fsp3) is 0.471. The van der Waals surface area contributed by atoms with Crippen molar-refractivity contribution in [3.8, 4) is 0 Å². The second kappa shape index (κ2) is 5.66. The smallest absolute Gasteiger partial charge is 0.337 e. The molecule has 4 rings (SSSR count). The maximum Gasteiger partial charge on any atom is 0.337 e. The summed E-state index contributed by atoms with van der Waals surface area (Å²) < 4.78 is 4.71. The number of alkyl halides is 2. The summed E-state index contributed by atoms with van der Waals surface area (Å²) >= 11 is 7.34. The summed E-state index contributed by atoms with van der Waals surface area (Å²) in [4.78, 5) is 39.3. The highest BCUT2D eigenvalue weighted by molar-refractivity contribution is 9.12. The van der Waals surface area contributed by atoms with Crippen LogP contribution in [0.2, 0.25) is 0 Å². The van der Waals surface area contributed by atoms with Crippen molar-refractivity contribution >= 4 is 55.3 Å². The minimum Gasteiger partial charge on any atom is -0.465 e. The predicted octanol–water partition coefficient (Wildman–Crippen LogP) is 2.76. The number of carbonyl (C=O) groups excluding carboxylic acids is 3. The largest absolute Gasteiger partial charge is 0.465 e. The van der Waals surface area contributed by atoms with E-state index in [1.165, 1.54) is 12.0 Å². The zero-order valence-corrected chi connectivity index (χ0v) is 16.0. The third kappa shape index (κ3) is 2.07. The molecule has 1 aliphatic heterocycles. The number of ether oxygens (including phenoxy) is 1. The molecule has 1 saturated heterocycles. The molecule has 1 heterocycles. The number of imide groups is 1. The lowest BCUT2D eigenvalue weighted by Gasteiger charge is -2.28. The molecule has 126 valence electrons. The number of carbonyl (C=O) groups is 3. The first-order valence-corrected chi connectivity index (χ1v) is 9.63. The molecule has 0 spiro atoms. The van der Waals surface area contributed by atoms with E-state index in [9.17, 15) is 14.4 Å². The van der Waals surface area contributed by atoms with E-state index in [0.717, 1.165) is 6.42 Å². The molecule has 2 saturated carbocycles. The van der Waals surface area contributed by atoms with Gasteiger partial charge in [0.15, 0.2) is 0 Å². The Bertz CT molecular complexity index is 720. The molecule has 6 atom stereocenters. The van der Waals surface area contributed by atoms with E-state index in [4.69, 9.17) is 4.74 Å². The zero-order valence-electron chi connectivity index (χ0n) is 12.8. The maximum atomic E-state index is 12.9. The lowest BCUT2D eigenvalue weighted by Crippen LogP contribution is -2.37. The van der Waals surface area contributed by atoms with Gasteiger partial charge < -0.3 is 4.74 Å². The number of amides is 2. The summed E-state index contributed by atoms with van der Waals surface area (Å²) in [5.74, 6) is -0.960. The molecule has 1 aromatic carbocycles. The molecule has 0 unspecified atom stereocenters. The van der Waals surface area contributed by atoms with Crippen LogP contribution in [0.1, 0.15) is 16.8 Å². The fourth-order valence-electron chi connectivity index (χ4n) is 4.49. The number of fused-ring (bicyclic) bond motifs is 5. The van der Waals surface area contributed by atoms with Crippen LogP contribution in [0.4, 0.5) is 5.69 Å². The van der Waals surface area contributed by atoms with E-state index >= 15 is 0 Å². The van der Waals surface area contributed by atoms with Crippen LogP contribution in [0.3, 0.4) is 0 Å². The Kier molecular flexibility index (Phi) is 3.84. The van der Waals surface area contributed by atoms with Gasteiger partial charge in [-0.3, -0.25) is 14.5 Å². The van der Waals surface area contributed by atoms with Crippen LogP contribution in [0, 0.1) is 23.7 Å². The number of halogens is 2. The first-order chi connectivity index (χ1) is 11.5. The summed E-state index contributed by atoms with van der Waals surface area (Å²) in [5.41, 5.74) is 0.770. The molecule has 2 amide bonds. The van der Waals surface area contributed by atoms with Crippen LogP contribution in [0.25, 0.3) is 0 Å². The van der Waals surface area contributed by atoms with Crippen molar-refractivity contribution in [2.24, 2.45) is 23.7 Å². The van der Waals surface area contributed by atoms with Crippen molar-refractivity contribution in [1.82, 2.24) is 0 Å². The molecule has 3 fully saturated rings. The van der Waals surface area contributed by atoms with Crippen molar-refractivity contribution in [2.45, 2.75) is 16.1 Å². The molecule has 0 aromatic heterocycles. The highest BCUT2D eigenvalue weighted by Gasteiger charge is 2.66. The summed E-state index contributed by atoms with van der Waals surface area (Å²) in [6.45, 7) is 0. The van der Waals surface area contributed by atoms with Crippen LogP contribution in [0.5, 0.6) is 0 Å². The van der Waals surface area contributed by atoms with Crippen LogP contribution in [-0.2, 0) is 14.3 Å². The van der Waals surface area contributed by atoms with E-state index < -0.39 is 5.97 Å². The minimum atomic E-state index is -0.489. The van der Waals surface area contributed by atoms with Crippen LogP contribution < -0.4 is 4.90 Å². The van der Waals surface area contributed by atoms with Crippen molar-refractivity contribution in [1.29, 1.82) is 0 Å². The summed E-state index contributed by atoms with van der Waals surface area (Å²) in [7, 11) is 1.30. The number of hydrogen-bond donors (Lipinski definition) is 0. The molecule has 1 aromatic rings. The highest BCUT2D eigenvalue weighted by Crippen LogP contribution is 2.60. The third-order valence-electron chi connectivity index (χ3n) is 5.51. The molecule has 5 nitrogen and oxygen atoms in total. The number of benzene rings is 1. The van der Waals surface area contributed by atoms with E-state index in [2.05, 4.69) is 31.9 Å². The van der Waals surface area contributed by atoms with Gasteiger partial charge in [0.25, 0.3) is 0 Å². The highest BCUT2D eigenvalue weighted by atomic mass is 79.9. The van der Waals surface area contributed by atoms with Gasteiger partial charge in [0.2, 0.25) is 11.8 Å². The quantitative estimate of drug-likeness (QED) is 0.390. The molecule has 2 aliphatic carbocycles. The Morgan fingerprint density at radius 3 is 2.25 bits per heavy atom. The van der Waals surface area contributed by atoms with Gasteiger partial charge in [0.1, 0.15) is 0 Å². The van der Waals surface area contributed by atoms with Gasteiger partial charge in [-0.15, -0.1) is 0 Å². The second-order valence-electron chi connectivity index (χ2n) is 6.56. The Hall–Kier alpha value is -1.21. The average molecular weight is 457 g/mol. The lowest BCUT2D eigenvalue weighted by atomic mass is 9.81. The van der Waals surface area contributed by atoms with Gasteiger partial charge in [-0.2, -0.15) is 0 Å². The zero-order chi connectivity index (χ0) is 17.2. The number of hydrogen-bond acceptors (Lipinski definition) is 4. The monoisotopic (exact) mass is 455 g/mol. The van der Waals surface area contributed by atoms with Crippen LogP contribution in [-0.4, -0.2) is 34.5 Å². The number of anilines is 1. The molecular formula is C17H15Br2NO4. The van der Waals surface area contributed by atoms with Crippen LogP contribution in [0.15, 0.2) is 24.3 Å². The molecule has 7 heteroatoms. The first-order valence-electron chi connectivity index (χ1n) is 7.80. The molecule has 3 aliphatic rings.